The van der Waals surface area contributed by atoms with Gasteiger partial charge >= 0.3 is 0 Å². The van der Waals surface area contributed by atoms with Crippen molar-refractivity contribution in [1.29, 1.82) is 0 Å². The molecule has 2 atom stereocenters. The molecule has 2 aromatic carbocycles. The normalized spacial score (nSPS) is 18.1. The van der Waals surface area contributed by atoms with Crippen molar-refractivity contribution in [2.75, 3.05) is 6.54 Å². The summed E-state index contributed by atoms with van der Waals surface area (Å²) in [6.07, 6.45) is 2.00. The van der Waals surface area contributed by atoms with Crippen molar-refractivity contribution < 1.29 is 9.72 Å². The molecule has 6 heteroatoms. The van der Waals surface area contributed by atoms with E-state index in [1.54, 1.807) is 12.1 Å². The third-order valence-electron chi connectivity index (χ3n) is 4.43. The molecule has 0 spiro atoms. The maximum atomic E-state index is 12.9. The lowest BCUT2D eigenvalue weighted by Gasteiger charge is -2.27. The molecule has 3 rings (SSSR count). The van der Waals surface area contributed by atoms with E-state index in [-0.39, 0.29) is 22.9 Å². The van der Waals surface area contributed by atoms with Crippen LogP contribution in [0.15, 0.2) is 59.5 Å². The highest BCUT2D eigenvalue weighted by Gasteiger charge is 2.32. The highest BCUT2D eigenvalue weighted by molar-refractivity contribution is 8.00. The summed E-state index contributed by atoms with van der Waals surface area (Å²) in [5.74, 6) is 0.120. The molecule has 1 saturated heterocycles. The topological polar surface area (TPSA) is 63.5 Å². The van der Waals surface area contributed by atoms with Crippen LogP contribution in [0.1, 0.15) is 31.4 Å². The van der Waals surface area contributed by atoms with Crippen LogP contribution in [-0.4, -0.2) is 27.5 Å². The molecular weight excluding hydrogens is 336 g/mol. The molecule has 0 N–H and O–H groups in total. The van der Waals surface area contributed by atoms with Crippen molar-refractivity contribution in [2.45, 2.75) is 36.0 Å². The number of carbonyl (C=O) groups is 1. The van der Waals surface area contributed by atoms with Gasteiger partial charge < -0.3 is 4.90 Å². The smallest absolute Gasteiger partial charge is 0.269 e. The minimum atomic E-state index is -0.419. The van der Waals surface area contributed by atoms with Gasteiger partial charge in [0.1, 0.15) is 0 Å². The molecular formula is C19H20N2O3S. The predicted octanol–water partition coefficient (Wildman–Crippen LogP) is 4.44. The summed E-state index contributed by atoms with van der Waals surface area (Å²) >= 11 is 1.44. The summed E-state index contributed by atoms with van der Waals surface area (Å²) in [7, 11) is 0. The summed E-state index contributed by atoms with van der Waals surface area (Å²) in [6, 6.07) is 16.6. The van der Waals surface area contributed by atoms with Gasteiger partial charge in [-0.05, 0) is 37.5 Å². The molecule has 25 heavy (non-hydrogen) atoms. The van der Waals surface area contributed by atoms with Gasteiger partial charge in [-0.15, -0.1) is 11.8 Å². The number of likely N-dealkylation sites (tertiary alicyclic amines) is 1. The SMILES string of the molecule is CC(Sc1ccc([N+](=O)[O-])cc1)C(=O)N1CCCC1c1ccccc1. The largest absolute Gasteiger partial charge is 0.335 e. The van der Waals surface area contributed by atoms with E-state index in [2.05, 4.69) is 12.1 Å². The van der Waals surface area contributed by atoms with Crippen molar-refractivity contribution >= 4 is 23.4 Å². The van der Waals surface area contributed by atoms with Crippen LogP contribution >= 0.6 is 11.8 Å². The van der Waals surface area contributed by atoms with Crippen LogP contribution in [-0.2, 0) is 4.79 Å². The quantitative estimate of drug-likeness (QED) is 0.451. The van der Waals surface area contributed by atoms with Crippen LogP contribution < -0.4 is 0 Å². The lowest BCUT2D eigenvalue weighted by molar-refractivity contribution is -0.384. The molecule has 2 aromatic rings. The third kappa shape index (κ3) is 4.02. The fourth-order valence-electron chi connectivity index (χ4n) is 3.19. The monoisotopic (exact) mass is 356 g/mol. The first-order chi connectivity index (χ1) is 12.1. The lowest BCUT2D eigenvalue weighted by Crippen LogP contribution is -2.36. The van der Waals surface area contributed by atoms with E-state index < -0.39 is 4.92 Å². The number of hydrogen-bond acceptors (Lipinski definition) is 4. The number of rotatable bonds is 5. The maximum absolute atomic E-state index is 12.9. The number of thioether (sulfide) groups is 1. The Labute approximate surface area is 151 Å². The van der Waals surface area contributed by atoms with Crippen molar-refractivity contribution in [3.05, 3.63) is 70.3 Å². The Balaban J connectivity index is 1.68. The fraction of sp³-hybridized carbons (Fsp3) is 0.316. The summed E-state index contributed by atoms with van der Waals surface area (Å²) in [6.45, 7) is 2.68. The molecule has 0 bridgehead atoms. The first-order valence-corrected chi connectivity index (χ1v) is 9.21. The van der Waals surface area contributed by atoms with Crippen LogP contribution in [0.3, 0.4) is 0 Å². The standard InChI is InChI=1S/C19H20N2O3S/c1-14(25-17-11-9-16(10-12-17)21(23)24)19(22)20-13-5-8-18(20)15-6-3-2-4-7-15/h2-4,6-7,9-12,14,18H,5,8,13H2,1H3. The minimum absolute atomic E-state index is 0.0621. The Kier molecular flexibility index (Phi) is 5.38. The van der Waals surface area contributed by atoms with E-state index in [0.29, 0.717) is 0 Å². The second kappa shape index (κ2) is 7.70. The van der Waals surface area contributed by atoms with Gasteiger partial charge in [0.25, 0.3) is 5.69 Å². The molecule has 0 saturated carbocycles. The van der Waals surface area contributed by atoms with Crippen LogP contribution in [0, 0.1) is 10.1 Å². The number of non-ortho nitro benzene ring substituents is 1. The summed E-state index contributed by atoms with van der Waals surface area (Å²) in [5.41, 5.74) is 1.24. The van der Waals surface area contributed by atoms with E-state index in [0.717, 1.165) is 24.3 Å². The zero-order valence-electron chi connectivity index (χ0n) is 14.0. The van der Waals surface area contributed by atoms with Crippen molar-refractivity contribution in [3.8, 4) is 0 Å². The molecule has 5 nitrogen and oxygen atoms in total. The molecule has 0 aromatic heterocycles. The third-order valence-corrected chi connectivity index (χ3v) is 5.53. The molecule has 1 heterocycles. The maximum Gasteiger partial charge on any atom is 0.269 e. The summed E-state index contributed by atoms with van der Waals surface area (Å²) in [4.78, 5) is 26.0. The number of hydrogen-bond donors (Lipinski definition) is 0. The van der Waals surface area contributed by atoms with E-state index in [1.807, 2.05) is 30.0 Å². The number of nitrogens with zero attached hydrogens (tertiary/aromatic N) is 2. The molecule has 2 unspecified atom stereocenters. The van der Waals surface area contributed by atoms with Crippen LogP contribution in [0.5, 0.6) is 0 Å². The average molecular weight is 356 g/mol. The Morgan fingerprint density at radius 1 is 1.20 bits per heavy atom. The fourth-order valence-corrected chi connectivity index (χ4v) is 4.12. The van der Waals surface area contributed by atoms with Crippen LogP contribution in [0.25, 0.3) is 0 Å². The minimum Gasteiger partial charge on any atom is -0.335 e. The van der Waals surface area contributed by atoms with Gasteiger partial charge in [-0.1, -0.05) is 30.3 Å². The van der Waals surface area contributed by atoms with Crippen molar-refractivity contribution in [1.82, 2.24) is 4.90 Å². The van der Waals surface area contributed by atoms with Gasteiger partial charge in [0.05, 0.1) is 16.2 Å². The Bertz CT molecular complexity index is 749. The zero-order chi connectivity index (χ0) is 17.8. The van der Waals surface area contributed by atoms with Gasteiger partial charge in [-0.2, -0.15) is 0 Å². The highest BCUT2D eigenvalue weighted by atomic mass is 32.2. The predicted molar refractivity (Wildman–Crippen MR) is 98.5 cm³/mol. The van der Waals surface area contributed by atoms with Gasteiger partial charge in [-0.3, -0.25) is 14.9 Å². The number of nitro groups is 1. The Hall–Kier alpha value is -2.34. The number of amides is 1. The Morgan fingerprint density at radius 3 is 2.52 bits per heavy atom. The second-order valence-electron chi connectivity index (χ2n) is 6.11. The average Bonchev–Trinajstić information content (AvgIpc) is 3.12. The van der Waals surface area contributed by atoms with Gasteiger partial charge in [0, 0.05) is 23.6 Å². The number of benzene rings is 2. The molecule has 1 amide bonds. The van der Waals surface area contributed by atoms with Crippen LogP contribution in [0.2, 0.25) is 0 Å². The molecule has 1 aliphatic rings. The molecule has 1 aliphatic heterocycles. The van der Waals surface area contributed by atoms with E-state index in [1.165, 1.54) is 29.5 Å². The molecule has 130 valence electrons. The summed E-state index contributed by atoms with van der Waals surface area (Å²) < 4.78 is 0. The molecule has 0 radical (unpaired) electrons. The zero-order valence-corrected chi connectivity index (χ0v) is 14.8. The van der Waals surface area contributed by atoms with Gasteiger partial charge in [0.15, 0.2) is 0 Å². The van der Waals surface area contributed by atoms with Crippen LogP contribution in [0.4, 0.5) is 5.69 Å². The van der Waals surface area contributed by atoms with Gasteiger partial charge in [0.2, 0.25) is 5.91 Å². The molecule has 1 fully saturated rings. The van der Waals surface area contributed by atoms with E-state index in [4.69, 9.17) is 0 Å². The molecule has 0 aliphatic carbocycles. The Morgan fingerprint density at radius 2 is 1.88 bits per heavy atom. The van der Waals surface area contributed by atoms with Crippen molar-refractivity contribution in [2.24, 2.45) is 0 Å². The van der Waals surface area contributed by atoms with Crippen molar-refractivity contribution in [3.63, 3.8) is 0 Å². The number of nitro benzene ring substituents is 1. The van der Waals surface area contributed by atoms with E-state index in [9.17, 15) is 14.9 Å². The first-order valence-electron chi connectivity index (χ1n) is 8.33. The first kappa shape index (κ1) is 17.5. The highest BCUT2D eigenvalue weighted by Crippen LogP contribution is 2.35. The van der Waals surface area contributed by atoms with E-state index >= 15 is 0 Å². The lowest BCUT2D eigenvalue weighted by atomic mass is 10.0. The van der Waals surface area contributed by atoms with Gasteiger partial charge in [-0.25, -0.2) is 0 Å². The number of carbonyl (C=O) groups excluding carboxylic acids is 1. The second-order valence-corrected chi connectivity index (χ2v) is 7.53. The summed E-state index contributed by atoms with van der Waals surface area (Å²) in [5, 5.41) is 10.5.